The molecule has 1 aromatic carbocycles. The molecule has 1 heterocycles. The lowest BCUT2D eigenvalue weighted by Gasteiger charge is -2.21. The van der Waals surface area contributed by atoms with Gasteiger partial charge in [0.05, 0.1) is 11.1 Å². The minimum Gasteiger partial charge on any atom is -0.478 e. The van der Waals surface area contributed by atoms with Crippen LogP contribution in [-0.2, 0) is 6.42 Å². The zero-order chi connectivity index (χ0) is 14.3. The smallest absolute Gasteiger partial charge is 0.338 e. The molecule has 3 rings (SSSR count). The van der Waals surface area contributed by atoms with E-state index in [2.05, 4.69) is 4.98 Å². The average Bonchev–Trinajstić information content (AvgIpc) is 2.76. The van der Waals surface area contributed by atoms with Crippen molar-refractivity contribution >= 4 is 11.8 Å². The van der Waals surface area contributed by atoms with E-state index in [9.17, 15) is 14.7 Å². The van der Waals surface area contributed by atoms with Crippen LogP contribution in [0, 0.1) is 6.92 Å². The Morgan fingerprint density at radius 2 is 1.95 bits per heavy atom. The zero-order valence-electron chi connectivity index (χ0n) is 11.1. The number of Topliss-reactive ketones (excluding diaryl/α,β-unsaturated/α-hetero) is 1. The molecule has 102 valence electrons. The Hall–Kier alpha value is -2.36. The van der Waals surface area contributed by atoms with E-state index in [1.807, 2.05) is 30.3 Å². The van der Waals surface area contributed by atoms with Gasteiger partial charge in [-0.05, 0) is 24.8 Å². The Kier molecular flexibility index (Phi) is 2.93. The van der Waals surface area contributed by atoms with E-state index in [0.717, 1.165) is 11.3 Å². The molecule has 0 amide bonds. The number of carboxylic acid groups (broad SMARTS) is 1. The second-order valence-electron chi connectivity index (χ2n) is 5.22. The topological polar surface area (TPSA) is 70.2 Å². The van der Waals surface area contributed by atoms with Gasteiger partial charge in [0.15, 0.2) is 5.78 Å². The normalized spacial score (nSPS) is 17.9. The van der Waals surface area contributed by atoms with Gasteiger partial charge >= 0.3 is 5.97 Å². The van der Waals surface area contributed by atoms with Crippen molar-refractivity contribution in [2.75, 3.05) is 0 Å². The van der Waals surface area contributed by atoms with Crippen molar-refractivity contribution < 1.29 is 14.7 Å². The number of rotatable bonds is 2. The average molecular weight is 269 g/mol. The number of fused-ring (bicyclic) bond motifs is 1. The number of hydrogen-bond donors (Lipinski definition) is 2. The van der Waals surface area contributed by atoms with Crippen molar-refractivity contribution in [3.05, 3.63) is 58.4 Å². The standard InChI is InChI=1S/C16H15NO3/c1-9-14(16(19)20)15-12(17-9)7-11(8-13(15)18)10-5-3-2-4-6-10/h2-6,11,17H,7-8H2,1H3,(H,19,20)/t11-/m0/s1. The number of nitrogens with one attached hydrogen (secondary N) is 1. The van der Waals surface area contributed by atoms with Crippen molar-refractivity contribution in [3.8, 4) is 0 Å². The lowest BCUT2D eigenvalue weighted by atomic mass is 9.81. The molecule has 0 saturated carbocycles. The van der Waals surface area contributed by atoms with E-state index in [1.165, 1.54) is 0 Å². The second-order valence-corrected chi connectivity index (χ2v) is 5.22. The van der Waals surface area contributed by atoms with Gasteiger partial charge in [-0.15, -0.1) is 0 Å². The van der Waals surface area contributed by atoms with E-state index in [1.54, 1.807) is 6.92 Å². The Bertz CT molecular complexity index is 685. The maximum Gasteiger partial charge on any atom is 0.338 e. The first-order valence-corrected chi connectivity index (χ1v) is 6.60. The van der Waals surface area contributed by atoms with E-state index in [4.69, 9.17) is 0 Å². The zero-order valence-corrected chi connectivity index (χ0v) is 11.1. The van der Waals surface area contributed by atoms with E-state index in [0.29, 0.717) is 24.1 Å². The summed E-state index contributed by atoms with van der Waals surface area (Å²) in [7, 11) is 0. The third kappa shape index (κ3) is 1.93. The number of carbonyl (C=O) groups excluding carboxylic acids is 1. The summed E-state index contributed by atoms with van der Waals surface area (Å²) >= 11 is 0. The molecule has 0 unspecified atom stereocenters. The van der Waals surface area contributed by atoms with Crippen LogP contribution in [0.5, 0.6) is 0 Å². The molecule has 0 saturated heterocycles. The minimum atomic E-state index is -1.04. The van der Waals surface area contributed by atoms with Crippen molar-refractivity contribution in [2.45, 2.75) is 25.7 Å². The molecule has 1 atom stereocenters. The lowest BCUT2D eigenvalue weighted by Crippen LogP contribution is -2.20. The van der Waals surface area contributed by atoms with Gasteiger partial charge in [-0.2, -0.15) is 0 Å². The van der Waals surface area contributed by atoms with Gasteiger partial charge < -0.3 is 10.1 Å². The number of H-pyrrole nitrogens is 1. The fourth-order valence-electron chi connectivity index (χ4n) is 3.02. The minimum absolute atomic E-state index is 0.0816. The molecule has 4 heteroatoms. The number of ketones is 1. The highest BCUT2D eigenvalue weighted by molar-refractivity contribution is 6.08. The molecule has 2 N–H and O–H groups in total. The van der Waals surface area contributed by atoms with Crippen LogP contribution in [0.25, 0.3) is 0 Å². The van der Waals surface area contributed by atoms with Crippen LogP contribution in [0.3, 0.4) is 0 Å². The molecule has 1 aliphatic carbocycles. The summed E-state index contributed by atoms with van der Waals surface area (Å²) in [6.07, 6.45) is 1.05. The van der Waals surface area contributed by atoms with E-state index < -0.39 is 5.97 Å². The molecule has 0 bridgehead atoms. The van der Waals surface area contributed by atoms with Crippen LogP contribution in [0.4, 0.5) is 0 Å². The van der Waals surface area contributed by atoms with Gasteiger partial charge in [-0.1, -0.05) is 30.3 Å². The molecule has 2 aromatic rings. The summed E-state index contributed by atoms with van der Waals surface area (Å²) in [5.41, 5.74) is 2.95. The summed E-state index contributed by atoms with van der Waals surface area (Å²) in [5.74, 6) is -0.996. The Labute approximate surface area is 116 Å². The number of aryl methyl sites for hydroxylation is 1. The van der Waals surface area contributed by atoms with Crippen LogP contribution in [0.2, 0.25) is 0 Å². The predicted octanol–water partition coefficient (Wildman–Crippen LogP) is 2.93. The van der Waals surface area contributed by atoms with Crippen molar-refractivity contribution in [1.82, 2.24) is 4.98 Å². The highest BCUT2D eigenvalue weighted by Gasteiger charge is 2.33. The Morgan fingerprint density at radius 3 is 2.60 bits per heavy atom. The first-order valence-electron chi connectivity index (χ1n) is 6.60. The molecule has 4 nitrogen and oxygen atoms in total. The summed E-state index contributed by atoms with van der Waals surface area (Å²) < 4.78 is 0. The fraction of sp³-hybridized carbons (Fsp3) is 0.250. The maximum atomic E-state index is 12.3. The van der Waals surface area contributed by atoms with E-state index >= 15 is 0 Å². The first-order chi connectivity index (χ1) is 9.58. The fourth-order valence-corrected chi connectivity index (χ4v) is 3.02. The maximum absolute atomic E-state index is 12.3. The van der Waals surface area contributed by atoms with Crippen molar-refractivity contribution in [1.29, 1.82) is 0 Å². The first kappa shape index (κ1) is 12.7. The molecule has 0 radical (unpaired) electrons. The molecule has 0 aliphatic heterocycles. The van der Waals surface area contributed by atoms with Crippen molar-refractivity contribution in [3.63, 3.8) is 0 Å². The van der Waals surface area contributed by atoms with Crippen LogP contribution in [0.1, 0.15) is 50.0 Å². The van der Waals surface area contributed by atoms with Gasteiger partial charge in [0.2, 0.25) is 0 Å². The molecular formula is C16H15NO3. The number of carbonyl (C=O) groups is 2. The Balaban J connectivity index is 2.03. The Morgan fingerprint density at radius 1 is 1.25 bits per heavy atom. The van der Waals surface area contributed by atoms with Crippen LogP contribution >= 0.6 is 0 Å². The lowest BCUT2D eigenvalue weighted by molar-refractivity contribution is 0.0690. The van der Waals surface area contributed by atoms with Gasteiger partial charge in [0.1, 0.15) is 0 Å². The monoisotopic (exact) mass is 269 g/mol. The number of carboxylic acids is 1. The van der Waals surface area contributed by atoms with Gasteiger partial charge in [0, 0.05) is 17.8 Å². The molecule has 1 aromatic heterocycles. The second kappa shape index (κ2) is 4.63. The highest BCUT2D eigenvalue weighted by atomic mass is 16.4. The summed E-state index contributed by atoms with van der Waals surface area (Å²) in [6, 6.07) is 9.88. The van der Waals surface area contributed by atoms with Crippen LogP contribution < -0.4 is 0 Å². The van der Waals surface area contributed by atoms with Gasteiger partial charge in [-0.3, -0.25) is 4.79 Å². The number of aromatic amines is 1. The molecule has 0 spiro atoms. The highest BCUT2D eigenvalue weighted by Crippen LogP contribution is 2.34. The summed E-state index contributed by atoms with van der Waals surface area (Å²) in [4.78, 5) is 26.7. The SMILES string of the molecule is Cc1[nH]c2c(c1C(=O)O)C(=O)C[C@@H](c1ccccc1)C2. The number of aromatic carboxylic acids is 1. The number of benzene rings is 1. The largest absolute Gasteiger partial charge is 0.478 e. The van der Waals surface area contributed by atoms with Gasteiger partial charge in [0.25, 0.3) is 0 Å². The number of aromatic nitrogens is 1. The third-order valence-corrected chi connectivity index (χ3v) is 3.91. The van der Waals surface area contributed by atoms with Gasteiger partial charge in [-0.25, -0.2) is 4.79 Å². The molecular weight excluding hydrogens is 254 g/mol. The molecule has 20 heavy (non-hydrogen) atoms. The van der Waals surface area contributed by atoms with Crippen molar-refractivity contribution in [2.24, 2.45) is 0 Å². The third-order valence-electron chi connectivity index (χ3n) is 3.91. The van der Waals surface area contributed by atoms with Crippen LogP contribution in [0.15, 0.2) is 30.3 Å². The van der Waals surface area contributed by atoms with E-state index in [-0.39, 0.29) is 17.3 Å². The quantitative estimate of drug-likeness (QED) is 0.880. The predicted molar refractivity (Wildman–Crippen MR) is 74.3 cm³/mol. The summed E-state index contributed by atoms with van der Waals surface area (Å²) in [6.45, 7) is 1.70. The van der Waals surface area contributed by atoms with Crippen LogP contribution in [-0.4, -0.2) is 21.8 Å². The molecule has 1 aliphatic rings. The number of hydrogen-bond acceptors (Lipinski definition) is 2. The molecule has 0 fully saturated rings. The summed E-state index contributed by atoms with van der Waals surface area (Å²) in [5, 5.41) is 9.24.